The fourth-order valence-electron chi connectivity index (χ4n) is 1.30. The van der Waals surface area contributed by atoms with Gasteiger partial charge in [-0.2, -0.15) is 0 Å². The summed E-state index contributed by atoms with van der Waals surface area (Å²) in [4.78, 5) is 0.0768. The van der Waals surface area contributed by atoms with Crippen LogP contribution in [0.1, 0.15) is 13.8 Å². The Kier molecular flexibility index (Phi) is 4.78. The maximum Gasteiger partial charge on any atom is 0.240 e. The Labute approximate surface area is 113 Å². The van der Waals surface area contributed by atoms with Crippen LogP contribution in [0, 0.1) is 0 Å². The molecule has 0 aliphatic rings. The van der Waals surface area contributed by atoms with Crippen LogP contribution < -0.4 is 19.9 Å². The maximum absolute atomic E-state index is 12.1. The van der Waals surface area contributed by atoms with Crippen molar-refractivity contribution in [1.82, 2.24) is 4.72 Å². The van der Waals surface area contributed by atoms with Crippen LogP contribution in [-0.4, -0.2) is 34.7 Å². The van der Waals surface area contributed by atoms with Gasteiger partial charge in [-0.3, -0.25) is 0 Å². The first-order valence-electron chi connectivity index (χ1n) is 5.69. The van der Waals surface area contributed by atoms with E-state index >= 15 is 0 Å². The summed E-state index contributed by atoms with van der Waals surface area (Å²) in [6.45, 7) is 3.61. The monoisotopic (exact) mass is 288 g/mol. The number of ether oxygens (including phenoxy) is 2. The highest BCUT2D eigenvalue weighted by atomic mass is 32.2. The van der Waals surface area contributed by atoms with Gasteiger partial charge >= 0.3 is 0 Å². The molecular formula is C12H20N2O4S. The molecule has 108 valence electrons. The summed E-state index contributed by atoms with van der Waals surface area (Å²) >= 11 is 0. The number of sulfonamides is 1. The molecule has 0 saturated heterocycles. The van der Waals surface area contributed by atoms with Gasteiger partial charge in [0.1, 0.15) is 11.5 Å². The first-order valence-corrected chi connectivity index (χ1v) is 7.18. The van der Waals surface area contributed by atoms with Crippen LogP contribution >= 0.6 is 0 Å². The fraction of sp³-hybridized carbons (Fsp3) is 0.500. The van der Waals surface area contributed by atoms with Gasteiger partial charge in [0.2, 0.25) is 10.0 Å². The van der Waals surface area contributed by atoms with Crippen LogP contribution in [0.25, 0.3) is 0 Å². The van der Waals surface area contributed by atoms with Crippen LogP contribution in [0.2, 0.25) is 0 Å². The van der Waals surface area contributed by atoms with Crippen molar-refractivity contribution < 1.29 is 17.9 Å². The molecule has 7 heteroatoms. The largest absolute Gasteiger partial charge is 0.497 e. The highest BCUT2D eigenvalue weighted by Crippen LogP contribution is 2.25. The van der Waals surface area contributed by atoms with Gasteiger partial charge < -0.3 is 15.2 Å². The third kappa shape index (κ3) is 4.70. The molecule has 19 heavy (non-hydrogen) atoms. The molecule has 0 atom stereocenters. The molecule has 0 amide bonds. The molecule has 0 radical (unpaired) electrons. The van der Waals surface area contributed by atoms with Crippen molar-refractivity contribution in [1.29, 1.82) is 0 Å². The molecule has 6 nitrogen and oxygen atoms in total. The Balaban J connectivity index is 3.07. The van der Waals surface area contributed by atoms with Gasteiger partial charge in [0, 0.05) is 30.3 Å². The lowest BCUT2D eigenvalue weighted by molar-refractivity contribution is 0.392. The Hall–Kier alpha value is -1.31. The highest BCUT2D eigenvalue weighted by molar-refractivity contribution is 7.89. The molecule has 0 saturated carbocycles. The van der Waals surface area contributed by atoms with Crippen LogP contribution in [0.4, 0.5) is 0 Å². The van der Waals surface area contributed by atoms with E-state index < -0.39 is 15.6 Å². The normalized spacial score (nSPS) is 12.3. The molecule has 0 heterocycles. The third-order valence-corrected chi connectivity index (χ3v) is 3.73. The van der Waals surface area contributed by atoms with Crippen LogP contribution in [0.15, 0.2) is 23.1 Å². The zero-order valence-electron chi connectivity index (χ0n) is 11.6. The smallest absolute Gasteiger partial charge is 0.240 e. The molecule has 0 bridgehead atoms. The van der Waals surface area contributed by atoms with Crippen molar-refractivity contribution in [3.05, 3.63) is 18.2 Å². The van der Waals surface area contributed by atoms with Gasteiger partial charge in [0.25, 0.3) is 0 Å². The second-order valence-electron chi connectivity index (χ2n) is 4.86. The van der Waals surface area contributed by atoms with Gasteiger partial charge in [0.05, 0.1) is 19.1 Å². The van der Waals surface area contributed by atoms with Gasteiger partial charge in [-0.05, 0) is 13.8 Å². The van der Waals surface area contributed by atoms with Gasteiger partial charge in [0.15, 0.2) is 0 Å². The highest BCUT2D eigenvalue weighted by Gasteiger charge is 2.20. The van der Waals surface area contributed by atoms with Crippen LogP contribution in [0.3, 0.4) is 0 Å². The molecule has 0 aliphatic carbocycles. The SMILES string of the molecule is COc1cc(OC)cc(S(=O)(=O)NCC(C)(C)N)c1. The summed E-state index contributed by atoms with van der Waals surface area (Å²) in [7, 11) is -0.729. The number of rotatable bonds is 6. The Morgan fingerprint density at radius 1 is 1.16 bits per heavy atom. The van der Waals surface area contributed by atoms with Crippen molar-refractivity contribution >= 4 is 10.0 Å². The zero-order valence-corrected chi connectivity index (χ0v) is 12.4. The van der Waals surface area contributed by atoms with E-state index in [2.05, 4.69) is 4.72 Å². The predicted octanol–water partition coefficient (Wildman–Crippen LogP) is 0.719. The molecule has 1 aromatic carbocycles. The van der Waals surface area contributed by atoms with Crippen molar-refractivity contribution in [2.24, 2.45) is 5.73 Å². The Bertz CT molecular complexity index is 513. The van der Waals surface area contributed by atoms with Crippen molar-refractivity contribution in [2.75, 3.05) is 20.8 Å². The molecule has 0 spiro atoms. The fourth-order valence-corrected chi connectivity index (χ4v) is 2.57. The third-order valence-electron chi connectivity index (χ3n) is 2.35. The first kappa shape index (κ1) is 15.7. The molecule has 0 aliphatic heterocycles. The van der Waals surface area contributed by atoms with E-state index in [1.165, 1.54) is 26.4 Å². The maximum atomic E-state index is 12.1. The van der Waals surface area contributed by atoms with Crippen LogP contribution in [0.5, 0.6) is 11.5 Å². The molecular weight excluding hydrogens is 268 g/mol. The molecule has 0 unspecified atom stereocenters. The standard InChI is InChI=1S/C12H20N2O4S/c1-12(2,13)8-14-19(15,16)11-6-9(17-3)5-10(7-11)18-4/h5-7,14H,8,13H2,1-4H3. The van der Waals surface area contributed by atoms with Crippen molar-refractivity contribution in [3.63, 3.8) is 0 Å². The number of hydrogen-bond donors (Lipinski definition) is 2. The van der Waals surface area contributed by atoms with E-state index in [-0.39, 0.29) is 11.4 Å². The van der Waals surface area contributed by atoms with E-state index in [1.807, 2.05) is 0 Å². The Morgan fingerprint density at radius 3 is 2.00 bits per heavy atom. The lowest BCUT2D eigenvalue weighted by Crippen LogP contribution is -2.45. The topological polar surface area (TPSA) is 90.6 Å². The number of methoxy groups -OCH3 is 2. The van der Waals surface area contributed by atoms with Gasteiger partial charge in [-0.1, -0.05) is 0 Å². The summed E-state index contributed by atoms with van der Waals surface area (Å²) in [5, 5.41) is 0. The van der Waals surface area contributed by atoms with Crippen molar-refractivity contribution in [2.45, 2.75) is 24.3 Å². The minimum atomic E-state index is -3.65. The average molecular weight is 288 g/mol. The second kappa shape index (κ2) is 5.77. The van der Waals surface area contributed by atoms with Gasteiger partial charge in [-0.15, -0.1) is 0 Å². The predicted molar refractivity (Wildman–Crippen MR) is 73.0 cm³/mol. The molecule has 1 rings (SSSR count). The quantitative estimate of drug-likeness (QED) is 0.805. The molecule has 1 aromatic rings. The van der Waals surface area contributed by atoms with E-state index in [0.29, 0.717) is 11.5 Å². The summed E-state index contributed by atoms with van der Waals surface area (Å²) in [5.41, 5.74) is 5.13. The lowest BCUT2D eigenvalue weighted by Gasteiger charge is -2.19. The van der Waals surface area contributed by atoms with E-state index in [0.717, 1.165) is 0 Å². The number of nitrogens with one attached hydrogen (secondary N) is 1. The lowest BCUT2D eigenvalue weighted by atomic mass is 10.1. The van der Waals surface area contributed by atoms with Crippen molar-refractivity contribution in [3.8, 4) is 11.5 Å². The summed E-state index contributed by atoms with van der Waals surface area (Å²) < 4.78 is 36.8. The first-order chi connectivity index (χ1) is 8.68. The molecule has 3 N–H and O–H groups in total. The molecule has 0 aromatic heterocycles. The second-order valence-corrected chi connectivity index (χ2v) is 6.63. The number of benzene rings is 1. The zero-order chi connectivity index (χ0) is 14.7. The van der Waals surface area contributed by atoms with Crippen LogP contribution in [-0.2, 0) is 10.0 Å². The minimum absolute atomic E-state index is 0.0768. The number of hydrogen-bond acceptors (Lipinski definition) is 5. The Morgan fingerprint density at radius 2 is 1.63 bits per heavy atom. The number of nitrogens with two attached hydrogens (primary N) is 1. The minimum Gasteiger partial charge on any atom is -0.497 e. The van der Waals surface area contributed by atoms with E-state index in [9.17, 15) is 8.42 Å². The van der Waals surface area contributed by atoms with E-state index in [4.69, 9.17) is 15.2 Å². The summed E-state index contributed by atoms with van der Waals surface area (Å²) in [5.74, 6) is 0.818. The summed E-state index contributed by atoms with van der Waals surface area (Å²) in [6.07, 6.45) is 0. The average Bonchev–Trinajstić information content (AvgIpc) is 2.35. The molecule has 0 fully saturated rings. The summed E-state index contributed by atoms with van der Waals surface area (Å²) in [6, 6.07) is 4.45. The van der Waals surface area contributed by atoms with Gasteiger partial charge in [-0.25, -0.2) is 13.1 Å². The van der Waals surface area contributed by atoms with E-state index in [1.54, 1.807) is 19.9 Å².